The fourth-order valence-corrected chi connectivity index (χ4v) is 2.66. The van der Waals surface area contributed by atoms with Crippen LogP contribution < -0.4 is 0 Å². The molecule has 1 rings (SSSR count). The average Bonchev–Trinajstić information content (AvgIpc) is 2.39. The maximum absolute atomic E-state index is 4.49. The summed E-state index contributed by atoms with van der Waals surface area (Å²) in [6, 6.07) is 6.29. The Morgan fingerprint density at radius 1 is 1.00 bits per heavy atom. The summed E-state index contributed by atoms with van der Waals surface area (Å²) in [6.07, 6.45) is 12.7. The van der Waals surface area contributed by atoms with Gasteiger partial charge in [0, 0.05) is 11.9 Å². The molecule has 0 saturated heterocycles. The molecule has 0 saturated carbocycles. The molecule has 0 radical (unpaired) electrons. The van der Waals surface area contributed by atoms with Gasteiger partial charge in [-0.25, -0.2) is 0 Å². The van der Waals surface area contributed by atoms with Gasteiger partial charge in [0.05, 0.1) is 0 Å². The van der Waals surface area contributed by atoms with Gasteiger partial charge < -0.3 is 0 Å². The van der Waals surface area contributed by atoms with Crippen LogP contribution in [0.4, 0.5) is 0 Å². The second-order valence-electron chi connectivity index (χ2n) is 6.21. The van der Waals surface area contributed by atoms with E-state index in [1.165, 1.54) is 57.1 Å². The molecular weight excluding hydrogens is 230 g/mol. The number of rotatable bonds is 10. The van der Waals surface area contributed by atoms with Crippen LogP contribution >= 0.6 is 0 Å². The molecule has 0 aliphatic carbocycles. The Kier molecular flexibility index (Phi) is 8.53. The lowest BCUT2D eigenvalue weighted by molar-refractivity contribution is 0.390. The van der Waals surface area contributed by atoms with Crippen molar-refractivity contribution in [1.82, 2.24) is 4.98 Å². The molecule has 0 aliphatic rings. The molecule has 1 aromatic rings. The Bertz CT molecular complexity index is 305. The van der Waals surface area contributed by atoms with Crippen molar-refractivity contribution >= 4 is 0 Å². The molecule has 0 bridgehead atoms. The number of nitrogens with zero attached hydrogens (tertiary/aromatic N) is 1. The molecule has 0 aromatic carbocycles. The van der Waals surface area contributed by atoms with Gasteiger partial charge in [-0.3, -0.25) is 4.98 Å². The van der Waals surface area contributed by atoms with E-state index < -0.39 is 0 Å². The van der Waals surface area contributed by atoms with E-state index in [1.807, 2.05) is 12.3 Å². The summed E-state index contributed by atoms with van der Waals surface area (Å²) in [7, 11) is 0. The Morgan fingerprint density at radius 2 is 1.79 bits per heavy atom. The van der Waals surface area contributed by atoms with E-state index in [0.29, 0.717) is 0 Å². The molecule has 1 unspecified atom stereocenters. The first-order valence-corrected chi connectivity index (χ1v) is 8.12. The van der Waals surface area contributed by atoms with Gasteiger partial charge in [-0.2, -0.15) is 0 Å². The van der Waals surface area contributed by atoms with Crippen LogP contribution in [0.5, 0.6) is 0 Å². The van der Waals surface area contributed by atoms with Crippen LogP contribution in [0.2, 0.25) is 0 Å². The normalized spacial score (nSPS) is 12.8. The predicted molar refractivity (Wildman–Crippen MR) is 84.3 cm³/mol. The summed E-state index contributed by atoms with van der Waals surface area (Å²) in [5.41, 5.74) is 1.27. The summed E-state index contributed by atoms with van der Waals surface area (Å²) >= 11 is 0. The minimum Gasteiger partial charge on any atom is -0.261 e. The van der Waals surface area contributed by atoms with E-state index in [4.69, 9.17) is 0 Å². The first kappa shape index (κ1) is 16.2. The van der Waals surface area contributed by atoms with Gasteiger partial charge in [0.15, 0.2) is 0 Å². The maximum atomic E-state index is 4.49. The monoisotopic (exact) mass is 261 g/mol. The first-order chi connectivity index (χ1) is 9.22. The van der Waals surface area contributed by atoms with Crippen molar-refractivity contribution < 1.29 is 0 Å². The van der Waals surface area contributed by atoms with Crippen molar-refractivity contribution in [3.05, 3.63) is 30.1 Å². The van der Waals surface area contributed by atoms with E-state index in [-0.39, 0.29) is 0 Å². The van der Waals surface area contributed by atoms with Crippen LogP contribution in [0.25, 0.3) is 0 Å². The summed E-state index contributed by atoms with van der Waals surface area (Å²) in [5.74, 6) is 1.67. The zero-order chi connectivity index (χ0) is 13.9. The lowest BCUT2D eigenvalue weighted by Gasteiger charge is -2.17. The van der Waals surface area contributed by atoms with Gasteiger partial charge in [0.2, 0.25) is 0 Å². The molecule has 0 amide bonds. The first-order valence-electron chi connectivity index (χ1n) is 8.12. The molecule has 0 spiro atoms. The molecule has 1 atom stereocenters. The van der Waals surface area contributed by atoms with E-state index >= 15 is 0 Å². The Labute approximate surface area is 119 Å². The minimum absolute atomic E-state index is 0.834. The third-order valence-electron chi connectivity index (χ3n) is 3.83. The number of aromatic nitrogens is 1. The van der Waals surface area contributed by atoms with Gasteiger partial charge in [0.1, 0.15) is 0 Å². The second-order valence-corrected chi connectivity index (χ2v) is 6.21. The zero-order valence-corrected chi connectivity index (χ0v) is 13.1. The molecule has 19 heavy (non-hydrogen) atoms. The van der Waals surface area contributed by atoms with Crippen molar-refractivity contribution in [2.75, 3.05) is 0 Å². The Hall–Kier alpha value is -0.850. The maximum Gasteiger partial charge on any atom is 0.0406 e. The van der Waals surface area contributed by atoms with Crippen LogP contribution in [0.15, 0.2) is 24.4 Å². The van der Waals surface area contributed by atoms with Crippen molar-refractivity contribution in [2.24, 2.45) is 11.8 Å². The van der Waals surface area contributed by atoms with Crippen molar-refractivity contribution in [3.63, 3.8) is 0 Å². The summed E-state index contributed by atoms with van der Waals surface area (Å²) in [6.45, 7) is 6.93. The number of hydrogen-bond donors (Lipinski definition) is 0. The molecule has 0 N–H and O–H groups in total. The van der Waals surface area contributed by atoms with Gasteiger partial charge in [-0.15, -0.1) is 0 Å². The quantitative estimate of drug-likeness (QED) is 0.496. The standard InChI is InChI=1S/C18H31N/c1-4-5-6-11-17(12-9-10-16(2)3)15-18-13-7-8-14-19-18/h7-8,13-14,16-17H,4-6,9-12,15H2,1-3H3. The Balaban J connectivity index is 2.39. The predicted octanol–water partition coefficient (Wildman–Crippen LogP) is 5.65. The molecule has 0 fully saturated rings. The number of unbranched alkanes of at least 4 members (excludes halogenated alkanes) is 2. The van der Waals surface area contributed by atoms with Crippen molar-refractivity contribution in [3.8, 4) is 0 Å². The topological polar surface area (TPSA) is 12.9 Å². The zero-order valence-electron chi connectivity index (χ0n) is 13.1. The average molecular weight is 261 g/mol. The molecule has 1 heteroatoms. The van der Waals surface area contributed by atoms with Crippen LogP contribution in [0.1, 0.15) is 71.4 Å². The van der Waals surface area contributed by atoms with E-state index in [0.717, 1.165) is 11.8 Å². The fraction of sp³-hybridized carbons (Fsp3) is 0.722. The largest absolute Gasteiger partial charge is 0.261 e. The van der Waals surface area contributed by atoms with Crippen LogP contribution in [-0.2, 0) is 6.42 Å². The highest BCUT2D eigenvalue weighted by Gasteiger charge is 2.10. The SMILES string of the molecule is CCCCCC(CCCC(C)C)Cc1ccccn1. The molecule has 1 aromatic heterocycles. The van der Waals surface area contributed by atoms with Gasteiger partial charge in [-0.05, 0) is 30.4 Å². The Morgan fingerprint density at radius 3 is 2.42 bits per heavy atom. The van der Waals surface area contributed by atoms with E-state index in [1.54, 1.807) is 0 Å². The molecule has 0 aliphatic heterocycles. The van der Waals surface area contributed by atoms with Crippen LogP contribution in [-0.4, -0.2) is 4.98 Å². The van der Waals surface area contributed by atoms with Gasteiger partial charge in [0.25, 0.3) is 0 Å². The van der Waals surface area contributed by atoms with E-state index in [9.17, 15) is 0 Å². The molecule has 108 valence electrons. The number of pyridine rings is 1. The molecular formula is C18H31N. The minimum atomic E-state index is 0.834. The van der Waals surface area contributed by atoms with Crippen molar-refractivity contribution in [1.29, 1.82) is 0 Å². The summed E-state index contributed by atoms with van der Waals surface area (Å²) in [5, 5.41) is 0. The third-order valence-corrected chi connectivity index (χ3v) is 3.83. The van der Waals surface area contributed by atoms with Crippen LogP contribution in [0, 0.1) is 11.8 Å². The van der Waals surface area contributed by atoms with Gasteiger partial charge >= 0.3 is 0 Å². The third kappa shape index (κ3) is 8.02. The second kappa shape index (κ2) is 10.00. The fourth-order valence-electron chi connectivity index (χ4n) is 2.66. The van der Waals surface area contributed by atoms with Crippen molar-refractivity contribution in [2.45, 2.75) is 72.1 Å². The summed E-state index contributed by atoms with van der Waals surface area (Å²) < 4.78 is 0. The lowest BCUT2D eigenvalue weighted by Crippen LogP contribution is -2.07. The lowest BCUT2D eigenvalue weighted by atomic mass is 9.90. The highest BCUT2D eigenvalue weighted by atomic mass is 14.7. The van der Waals surface area contributed by atoms with Crippen LogP contribution in [0.3, 0.4) is 0 Å². The summed E-state index contributed by atoms with van der Waals surface area (Å²) in [4.78, 5) is 4.49. The molecule has 1 nitrogen and oxygen atoms in total. The molecule has 1 heterocycles. The smallest absolute Gasteiger partial charge is 0.0406 e. The highest BCUT2D eigenvalue weighted by molar-refractivity contribution is 5.04. The number of hydrogen-bond acceptors (Lipinski definition) is 1. The van der Waals surface area contributed by atoms with Gasteiger partial charge in [-0.1, -0.05) is 71.8 Å². The van der Waals surface area contributed by atoms with E-state index in [2.05, 4.69) is 37.9 Å². The highest BCUT2D eigenvalue weighted by Crippen LogP contribution is 2.22.